The average Bonchev–Trinajstić information content (AvgIpc) is 3.27. The van der Waals surface area contributed by atoms with Crippen molar-refractivity contribution in [2.45, 2.75) is 18.5 Å². The van der Waals surface area contributed by atoms with Gasteiger partial charge in [-0.2, -0.15) is 5.10 Å². The van der Waals surface area contributed by atoms with E-state index >= 15 is 0 Å². The summed E-state index contributed by atoms with van der Waals surface area (Å²) in [5.41, 5.74) is 1.97. The normalized spacial score (nSPS) is 11.4. The van der Waals surface area contributed by atoms with E-state index < -0.39 is 27.5 Å². The van der Waals surface area contributed by atoms with Crippen LogP contribution in [0.3, 0.4) is 0 Å². The Balaban J connectivity index is 1.49. The van der Waals surface area contributed by atoms with E-state index in [0.717, 1.165) is 0 Å². The van der Waals surface area contributed by atoms with Crippen molar-refractivity contribution >= 4 is 32.6 Å². The number of carbonyl (C=O) groups is 2. The summed E-state index contributed by atoms with van der Waals surface area (Å²) in [5.74, 6) is -1.78. The molecule has 10 nitrogen and oxygen atoms in total. The third-order valence-corrected chi connectivity index (χ3v) is 6.61. The lowest BCUT2D eigenvalue weighted by atomic mass is 10.1. The zero-order valence-corrected chi connectivity index (χ0v) is 19.3. The second-order valence-corrected chi connectivity index (χ2v) is 9.55. The van der Waals surface area contributed by atoms with Gasteiger partial charge in [0.15, 0.2) is 14.9 Å². The fourth-order valence-corrected chi connectivity index (χ4v) is 4.38. The first-order chi connectivity index (χ1) is 16.7. The number of aromatic nitrogens is 4. The molecule has 0 aliphatic carbocycles. The SMILES string of the molecule is CC(=O)OCCS(=O)(=O)c1cc(CNC(=O)c2cncc3c2cnn3-c2ccc(F)cc2)ccn1. The lowest BCUT2D eigenvalue weighted by Gasteiger charge is -2.09. The number of esters is 1. The van der Waals surface area contributed by atoms with E-state index in [1.165, 1.54) is 43.7 Å². The molecule has 0 spiro atoms. The van der Waals surface area contributed by atoms with Gasteiger partial charge in [-0.1, -0.05) is 0 Å². The van der Waals surface area contributed by atoms with Crippen LogP contribution in [0.25, 0.3) is 16.6 Å². The minimum Gasteiger partial charge on any atom is -0.465 e. The van der Waals surface area contributed by atoms with Gasteiger partial charge in [-0.15, -0.1) is 0 Å². The highest BCUT2D eigenvalue weighted by Crippen LogP contribution is 2.21. The minimum atomic E-state index is -3.77. The summed E-state index contributed by atoms with van der Waals surface area (Å²) in [4.78, 5) is 31.8. The maximum atomic E-state index is 13.3. The van der Waals surface area contributed by atoms with Crippen LogP contribution < -0.4 is 5.32 Å². The summed E-state index contributed by atoms with van der Waals surface area (Å²) in [6.07, 6.45) is 5.81. The van der Waals surface area contributed by atoms with E-state index in [0.29, 0.717) is 22.2 Å². The molecule has 180 valence electrons. The van der Waals surface area contributed by atoms with Crippen LogP contribution in [0, 0.1) is 5.82 Å². The predicted molar refractivity (Wildman–Crippen MR) is 123 cm³/mol. The van der Waals surface area contributed by atoms with Crippen LogP contribution in [0.2, 0.25) is 0 Å². The molecule has 0 aliphatic heterocycles. The summed E-state index contributed by atoms with van der Waals surface area (Å²) in [7, 11) is -3.77. The molecular formula is C23H20FN5O5S. The zero-order valence-electron chi connectivity index (χ0n) is 18.5. The monoisotopic (exact) mass is 497 g/mol. The summed E-state index contributed by atoms with van der Waals surface area (Å²) < 4.78 is 44.4. The minimum absolute atomic E-state index is 0.0380. The van der Waals surface area contributed by atoms with Crippen molar-refractivity contribution in [2.75, 3.05) is 12.4 Å². The molecule has 0 saturated carbocycles. The van der Waals surface area contributed by atoms with E-state index in [-0.39, 0.29) is 29.6 Å². The van der Waals surface area contributed by atoms with Crippen LogP contribution >= 0.6 is 0 Å². The quantitative estimate of drug-likeness (QED) is 0.367. The highest BCUT2D eigenvalue weighted by atomic mass is 32.2. The maximum absolute atomic E-state index is 13.3. The molecular weight excluding hydrogens is 477 g/mol. The van der Waals surface area contributed by atoms with E-state index in [9.17, 15) is 22.4 Å². The van der Waals surface area contributed by atoms with Gasteiger partial charge in [-0.05, 0) is 42.0 Å². The van der Waals surface area contributed by atoms with Gasteiger partial charge in [0, 0.05) is 31.2 Å². The van der Waals surface area contributed by atoms with Gasteiger partial charge in [-0.3, -0.25) is 14.6 Å². The number of benzene rings is 1. The summed E-state index contributed by atoms with van der Waals surface area (Å²) >= 11 is 0. The largest absolute Gasteiger partial charge is 0.465 e. The molecule has 1 N–H and O–H groups in total. The first-order valence-electron chi connectivity index (χ1n) is 10.4. The molecule has 0 saturated heterocycles. The molecule has 0 unspecified atom stereocenters. The van der Waals surface area contributed by atoms with Crippen molar-refractivity contribution in [1.29, 1.82) is 0 Å². The Morgan fingerprint density at radius 2 is 1.89 bits per heavy atom. The molecule has 0 atom stereocenters. The van der Waals surface area contributed by atoms with E-state index in [1.807, 2.05) is 0 Å². The van der Waals surface area contributed by atoms with Gasteiger partial charge < -0.3 is 10.1 Å². The van der Waals surface area contributed by atoms with Crippen molar-refractivity contribution in [3.63, 3.8) is 0 Å². The maximum Gasteiger partial charge on any atom is 0.302 e. The van der Waals surface area contributed by atoms with E-state index in [1.54, 1.807) is 29.1 Å². The summed E-state index contributed by atoms with van der Waals surface area (Å²) in [5, 5.41) is 7.41. The van der Waals surface area contributed by atoms with Gasteiger partial charge in [0.1, 0.15) is 12.4 Å². The number of sulfone groups is 1. The smallest absolute Gasteiger partial charge is 0.302 e. The van der Waals surface area contributed by atoms with Crippen LogP contribution in [0.4, 0.5) is 4.39 Å². The number of fused-ring (bicyclic) bond motifs is 1. The predicted octanol–water partition coefficient (Wildman–Crippen LogP) is 2.22. The Bertz CT molecular complexity index is 1500. The van der Waals surface area contributed by atoms with Crippen LogP contribution in [-0.2, 0) is 25.9 Å². The van der Waals surface area contributed by atoms with Gasteiger partial charge in [0.2, 0.25) is 0 Å². The van der Waals surface area contributed by atoms with E-state index in [4.69, 9.17) is 4.74 Å². The van der Waals surface area contributed by atoms with Crippen LogP contribution in [-0.4, -0.2) is 52.4 Å². The van der Waals surface area contributed by atoms with E-state index in [2.05, 4.69) is 20.4 Å². The molecule has 0 bridgehead atoms. The van der Waals surface area contributed by atoms with Crippen molar-refractivity contribution in [3.8, 4) is 5.69 Å². The third-order valence-electron chi connectivity index (χ3n) is 5.04. The fraction of sp³-hybridized carbons (Fsp3) is 0.174. The Kier molecular flexibility index (Phi) is 6.82. The Morgan fingerprint density at radius 1 is 1.11 bits per heavy atom. The third kappa shape index (κ3) is 5.49. The lowest BCUT2D eigenvalue weighted by molar-refractivity contribution is -0.140. The number of nitrogens with one attached hydrogen (secondary N) is 1. The molecule has 0 fully saturated rings. The number of nitrogens with zero attached hydrogens (tertiary/aromatic N) is 4. The number of rotatable bonds is 8. The molecule has 1 amide bonds. The molecule has 1 aromatic carbocycles. The molecule has 0 radical (unpaired) electrons. The van der Waals surface area contributed by atoms with Gasteiger partial charge in [-0.25, -0.2) is 22.5 Å². The van der Waals surface area contributed by atoms with Crippen molar-refractivity contribution in [3.05, 3.63) is 78.1 Å². The Labute approximate surface area is 199 Å². The Morgan fingerprint density at radius 3 is 2.63 bits per heavy atom. The number of halogens is 1. The molecule has 0 aliphatic rings. The zero-order chi connectivity index (χ0) is 25.0. The number of pyridine rings is 2. The molecule has 4 aromatic rings. The number of ether oxygens (including phenoxy) is 1. The van der Waals surface area contributed by atoms with Crippen molar-refractivity contribution < 1.29 is 27.1 Å². The van der Waals surface area contributed by atoms with Crippen molar-refractivity contribution in [1.82, 2.24) is 25.1 Å². The first-order valence-corrected chi connectivity index (χ1v) is 12.1. The van der Waals surface area contributed by atoms with Gasteiger partial charge >= 0.3 is 5.97 Å². The summed E-state index contributed by atoms with van der Waals surface area (Å²) in [6, 6.07) is 8.69. The van der Waals surface area contributed by atoms with Gasteiger partial charge in [0.25, 0.3) is 5.91 Å². The second-order valence-electron chi connectivity index (χ2n) is 7.50. The summed E-state index contributed by atoms with van der Waals surface area (Å²) in [6.45, 7) is 0.956. The topological polar surface area (TPSA) is 133 Å². The first kappa shape index (κ1) is 24.0. The van der Waals surface area contributed by atoms with Crippen LogP contribution in [0.15, 0.2) is 66.2 Å². The highest BCUT2D eigenvalue weighted by molar-refractivity contribution is 7.91. The number of hydrogen-bond donors (Lipinski definition) is 1. The fourth-order valence-electron chi connectivity index (χ4n) is 3.32. The number of carbonyl (C=O) groups excluding carboxylic acids is 2. The van der Waals surface area contributed by atoms with Crippen LogP contribution in [0.1, 0.15) is 22.8 Å². The second kappa shape index (κ2) is 9.97. The highest BCUT2D eigenvalue weighted by Gasteiger charge is 2.18. The molecule has 35 heavy (non-hydrogen) atoms. The van der Waals surface area contributed by atoms with Crippen LogP contribution in [0.5, 0.6) is 0 Å². The molecule has 4 rings (SSSR count). The molecule has 3 heterocycles. The van der Waals surface area contributed by atoms with Gasteiger partial charge in [0.05, 0.1) is 34.9 Å². The number of hydrogen-bond acceptors (Lipinski definition) is 8. The lowest BCUT2D eigenvalue weighted by Crippen LogP contribution is -2.23. The molecule has 3 aromatic heterocycles. The molecule has 12 heteroatoms. The Hall–Kier alpha value is -4.19. The number of amides is 1. The average molecular weight is 498 g/mol. The standard InChI is InChI=1S/C23H20FN5O5S/c1-15(30)34-8-9-35(32,33)22-10-16(6-7-26-22)11-27-23(31)20-12-25-14-21-19(20)13-28-29(21)18-4-2-17(24)3-5-18/h2-7,10,12-14H,8-9,11H2,1H3,(H,27,31). The van der Waals surface area contributed by atoms with Crippen molar-refractivity contribution in [2.24, 2.45) is 0 Å².